The summed E-state index contributed by atoms with van der Waals surface area (Å²) in [6.45, 7) is 4.68. The van der Waals surface area contributed by atoms with Crippen LogP contribution in [0.5, 0.6) is 0 Å². The first kappa shape index (κ1) is 27.1. The summed E-state index contributed by atoms with van der Waals surface area (Å²) in [6, 6.07) is 15.8. The largest absolute Gasteiger partial charge is 0.459 e. The molecule has 1 aromatic heterocycles. The number of para-hydroxylation sites is 1. The molecule has 3 aromatic rings. The van der Waals surface area contributed by atoms with Crippen LogP contribution in [0.1, 0.15) is 60.6 Å². The Morgan fingerprint density at radius 1 is 1.05 bits per heavy atom. The minimum absolute atomic E-state index is 0.00395. The molecule has 2 aliphatic rings. The molecule has 2 heterocycles. The highest BCUT2D eigenvalue weighted by Crippen LogP contribution is 2.42. The Balaban J connectivity index is 1.72. The van der Waals surface area contributed by atoms with Gasteiger partial charge in [-0.05, 0) is 59.9 Å². The highest BCUT2D eigenvalue weighted by Gasteiger charge is 2.31. The maximum Gasteiger partial charge on any atom is 0.330 e. The molecule has 0 saturated carbocycles. The van der Waals surface area contributed by atoms with E-state index in [4.69, 9.17) is 4.74 Å². The molecule has 1 aliphatic carbocycles. The van der Waals surface area contributed by atoms with Gasteiger partial charge in [-0.25, -0.2) is 9.18 Å². The van der Waals surface area contributed by atoms with Crippen molar-refractivity contribution in [2.75, 3.05) is 5.32 Å². The summed E-state index contributed by atoms with van der Waals surface area (Å²) in [5, 5.41) is 3.11. The van der Waals surface area contributed by atoms with Crippen LogP contribution in [0.15, 0.2) is 97.1 Å². The van der Waals surface area contributed by atoms with Crippen molar-refractivity contribution in [2.24, 2.45) is 0 Å². The second-order valence-electron chi connectivity index (χ2n) is 10.3. The fourth-order valence-electron chi connectivity index (χ4n) is 5.42. The molecule has 1 unspecified atom stereocenters. The molecule has 5 rings (SSSR count). The van der Waals surface area contributed by atoms with Crippen LogP contribution in [0.25, 0.3) is 16.8 Å². The van der Waals surface area contributed by atoms with Gasteiger partial charge in [0.05, 0.1) is 11.3 Å². The van der Waals surface area contributed by atoms with Crippen molar-refractivity contribution in [3.63, 3.8) is 0 Å². The van der Waals surface area contributed by atoms with Crippen molar-refractivity contribution >= 4 is 23.1 Å². The number of carbonyl (C=O) groups excluding carboxylic acids is 2. The summed E-state index contributed by atoms with van der Waals surface area (Å²) < 4.78 is 21.8. The van der Waals surface area contributed by atoms with Crippen molar-refractivity contribution in [1.82, 2.24) is 4.57 Å². The van der Waals surface area contributed by atoms with E-state index in [-0.39, 0.29) is 29.7 Å². The molecular weight excluding hydrogens is 503 g/mol. The number of hydrogen-bond donors (Lipinski definition) is 1. The lowest BCUT2D eigenvalue weighted by molar-refractivity contribution is -0.144. The Hall–Kier alpha value is -4.45. The zero-order chi connectivity index (χ0) is 28.1. The average Bonchev–Trinajstić information content (AvgIpc) is 3.06. The van der Waals surface area contributed by atoms with Crippen LogP contribution >= 0.6 is 0 Å². The van der Waals surface area contributed by atoms with Crippen LogP contribution < -0.4 is 5.32 Å². The number of amides is 1. The molecular formula is C34H33FN2O3. The third-order valence-corrected chi connectivity index (χ3v) is 7.15. The van der Waals surface area contributed by atoms with Gasteiger partial charge in [-0.1, -0.05) is 68.5 Å². The second-order valence-corrected chi connectivity index (χ2v) is 10.3. The molecule has 2 aromatic carbocycles. The van der Waals surface area contributed by atoms with Gasteiger partial charge in [-0.2, -0.15) is 0 Å². The van der Waals surface area contributed by atoms with Crippen LogP contribution in [0.2, 0.25) is 0 Å². The molecule has 1 N–H and O–H groups in total. The number of allylic oxidation sites excluding steroid dienone is 6. The van der Waals surface area contributed by atoms with Crippen LogP contribution in [-0.2, 0) is 16.1 Å². The smallest absolute Gasteiger partial charge is 0.330 e. The van der Waals surface area contributed by atoms with E-state index in [0.29, 0.717) is 37.1 Å². The Bertz CT molecular complexity index is 1510. The van der Waals surface area contributed by atoms with E-state index in [2.05, 4.69) is 29.8 Å². The monoisotopic (exact) mass is 536 g/mol. The number of cyclic esters (lactones) is 1. The molecule has 1 atom stereocenters. The van der Waals surface area contributed by atoms with Crippen molar-refractivity contribution in [2.45, 2.75) is 51.7 Å². The molecule has 0 fully saturated rings. The fourth-order valence-corrected chi connectivity index (χ4v) is 5.42. The molecule has 0 spiro atoms. The lowest BCUT2D eigenvalue weighted by Gasteiger charge is -2.22. The Morgan fingerprint density at radius 2 is 1.82 bits per heavy atom. The first-order valence-electron chi connectivity index (χ1n) is 13.7. The van der Waals surface area contributed by atoms with E-state index in [9.17, 15) is 14.0 Å². The number of rotatable bonds is 8. The summed E-state index contributed by atoms with van der Waals surface area (Å²) >= 11 is 0. The quantitative estimate of drug-likeness (QED) is 0.299. The van der Waals surface area contributed by atoms with Gasteiger partial charge in [0.15, 0.2) is 0 Å². The molecule has 6 heteroatoms. The normalized spacial score (nSPS) is 16.6. The predicted molar refractivity (Wildman–Crippen MR) is 157 cm³/mol. The number of hydrogen-bond acceptors (Lipinski definition) is 3. The Labute approximate surface area is 234 Å². The van der Waals surface area contributed by atoms with Gasteiger partial charge < -0.3 is 14.6 Å². The summed E-state index contributed by atoms with van der Waals surface area (Å²) in [4.78, 5) is 26.1. The Kier molecular flexibility index (Phi) is 8.25. The maximum absolute atomic E-state index is 14.2. The van der Waals surface area contributed by atoms with Crippen LogP contribution in [0.3, 0.4) is 0 Å². The molecule has 0 saturated heterocycles. The topological polar surface area (TPSA) is 60.3 Å². The molecule has 1 aliphatic heterocycles. The number of benzene rings is 2. The third kappa shape index (κ3) is 5.91. The highest BCUT2D eigenvalue weighted by atomic mass is 19.1. The summed E-state index contributed by atoms with van der Waals surface area (Å²) in [5.41, 5.74) is 5.70. The van der Waals surface area contributed by atoms with Crippen molar-refractivity contribution in [3.05, 3.63) is 120 Å². The van der Waals surface area contributed by atoms with E-state index in [1.807, 2.05) is 60.7 Å². The minimum atomic E-state index is -0.336. The molecule has 5 nitrogen and oxygen atoms in total. The van der Waals surface area contributed by atoms with Gasteiger partial charge in [-0.15, -0.1) is 0 Å². The van der Waals surface area contributed by atoms with E-state index in [0.717, 1.165) is 28.1 Å². The number of ether oxygens (including phenoxy) is 1. The number of nitrogens with zero attached hydrogens (tertiary/aromatic N) is 1. The molecule has 204 valence electrons. The number of aromatic nitrogens is 1. The fraction of sp³-hybridized carbons (Fsp3) is 0.235. The van der Waals surface area contributed by atoms with Gasteiger partial charge in [-0.3, -0.25) is 4.79 Å². The summed E-state index contributed by atoms with van der Waals surface area (Å²) in [7, 11) is 0. The number of anilines is 1. The SMILES string of the molecule is CC(C)c1c(C(=O)Nc2ccccc2)c(C2=CC=CC=CC2)c(-c2ccc(F)cc2)n1CCC1CC=CC(=O)O1. The highest BCUT2D eigenvalue weighted by molar-refractivity contribution is 6.10. The summed E-state index contributed by atoms with van der Waals surface area (Å²) in [6.07, 6.45) is 15.0. The lowest BCUT2D eigenvalue weighted by atomic mass is 9.92. The number of carbonyl (C=O) groups is 2. The second kappa shape index (κ2) is 12.2. The van der Waals surface area contributed by atoms with Gasteiger partial charge in [0.25, 0.3) is 5.91 Å². The molecule has 1 amide bonds. The van der Waals surface area contributed by atoms with E-state index < -0.39 is 0 Å². The van der Waals surface area contributed by atoms with Gasteiger partial charge in [0, 0.05) is 42.4 Å². The first-order chi connectivity index (χ1) is 19.4. The van der Waals surface area contributed by atoms with Crippen molar-refractivity contribution < 1.29 is 18.7 Å². The zero-order valence-corrected chi connectivity index (χ0v) is 22.8. The van der Waals surface area contributed by atoms with Crippen molar-refractivity contribution in [1.29, 1.82) is 0 Å². The summed E-state index contributed by atoms with van der Waals surface area (Å²) in [5.74, 6) is -0.861. The van der Waals surface area contributed by atoms with Gasteiger partial charge in [0.2, 0.25) is 0 Å². The van der Waals surface area contributed by atoms with Crippen LogP contribution in [-0.4, -0.2) is 22.5 Å². The molecule has 0 radical (unpaired) electrons. The lowest BCUT2D eigenvalue weighted by Crippen LogP contribution is -2.22. The molecule has 40 heavy (non-hydrogen) atoms. The van der Waals surface area contributed by atoms with Crippen LogP contribution in [0, 0.1) is 5.82 Å². The predicted octanol–water partition coefficient (Wildman–Crippen LogP) is 7.83. The Morgan fingerprint density at radius 3 is 2.55 bits per heavy atom. The molecule has 0 bridgehead atoms. The number of esters is 1. The van der Waals surface area contributed by atoms with E-state index in [1.165, 1.54) is 18.2 Å². The minimum Gasteiger partial charge on any atom is -0.459 e. The zero-order valence-electron chi connectivity index (χ0n) is 22.8. The number of halogens is 1. The van der Waals surface area contributed by atoms with E-state index in [1.54, 1.807) is 12.1 Å². The van der Waals surface area contributed by atoms with Crippen LogP contribution in [0.4, 0.5) is 10.1 Å². The van der Waals surface area contributed by atoms with Crippen molar-refractivity contribution in [3.8, 4) is 11.3 Å². The average molecular weight is 537 g/mol. The standard InChI is InChI=1S/C34H33FN2O3/c1-23(2)32-31(34(39)36-27-13-8-5-9-14-27)30(24-11-6-3-4-7-12-24)33(25-17-19-26(35)20-18-25)37(32)22-21-28-15-10-16-29(38)40-28/h3-11,13-14,16-20,23,28H,12,15,21-22H2,1-2H3,(H,36,39). The van der Waals surface area contributed by atoms with Gasteiger partial charge in [0.1, 0.15) is 11.9 Å². The van der Waals surface area contributed by atoms with Gasteiger partial charge >= 0.3 is 5.97 Å². The number of nitrogens with one attached hydrogen (secondary N) is 1. The first-order valence-corrected chi connectivity index (χ1v) is 13.7. The van der Waals surface area contributed by atoms with E-state index >= 15 is 0 Å². The third-order valence-electron chi connectivity index (χ3n) is 7.15. The maximum atomic E-state index is 14.2.